The smallest absolute Gasteiger partial charge is 0.224 e. The maximum atomic E-state index is 11.8. The van der Waals surface area contributed by atoms with Gasteiger partial charge < -0.3 is 5.32 Å². The number of benzene rings is 1. The third kappa shape index (κ3) is 7.15. The molecule has 21 heavy (non-hydrogen) atoms. The van der Waals surface area contributed by atoms with E-state index >= 15 is 0 Å². The molecule has 0 bridgehead atoms. The van der Waals surface area contributed by atoms with Gasteiger partial charge in [-0.25, -0.2) is 0 Å². The van der Waals surface area contributed by atoms with Crippen LogP contribution in [0.4, 0.5) is 5.69 Å². The first kappa shape index (κ1) is 17.5. The van der Waals surface area contributed by atoms with E-state index in [9.17, 15) is 4.79 Å². The van der Waals surface area contributed by atoms with E-state index in [2.05, 4.69) is 12.2 Å². The minimum Gasteiger partial charge on any atom is -0.325 e. The van der Waals surface area contributed by atoms with Gasteiger partial charge in [0.2, 0.25) is 5.91 Å². The number of nitrogens with zero attached hydrogens (tertiary/aromatic N) is 1. The average molecular weight is 307 g/mol. The van der Waals surface area contributed by atoms with Crippen LogP contribution in [0.15, 0.2) is 18.2 Å². The molecule has 0 unspecified atom stereocenters. The summed E-state index contributed by atoms with van der Waals surface area (Å²) in [5.41, 5.74) is 1.01. The Hall–Kier alpha value is -1.53. The third-order valence-electron chi connectivity index (χ3n) is 3.38. The SMILES string of the molecule is CCCCCCCCCC(=O)Nc1cc(C#N)ccc1Cl. The lowest BCUT2D eigenvalue weighted by molar-refractivity contribution is -0.116. The van der Waals surface area contributed by atoms with Crippen LogP contribution in [0.25, 0.3) is 0 Å². The number of hydrogen-bond acceptors (Lipinski definition) is 2. The van der Waals surface area contributed by atoms with Crippen LogP contribution < -0.4 is 5.32 Å². The van der Waals surface area contributed by atoms with E-state index in [0.29, 0.717) is 22.7 Å². The Balaban J connectivity index is 2.26. The molecule has 0 spiro atoms. The molecule has 0 aliphatic carbocycles. The fourth-order valence-electron chi connectivity index (χ4n) is 2.15. The van der Waals surface area contributed by atoms with Crippen molar-refractivity contribution in [1.82, 2.24) is 0 Å². The van der Waals surface area contributed by atoms with E-state index in [4.69, 9.17) is 16.9 Å². The van der Waals surface area contributed by atoms with Gasteiger partial charge in [0.15, 0.2) is 0 Å². The second-order valence-electron chi connectivity index (χ2n) is 5.23. The highest BCUT2D eigenvalue weighted by atomic mass is 35.5. The quantitative estimate of drug-likeness (QED) is 0.630. The molecule has 4 heteroatoms. The van der Waals surface area contributed by atoms with E-state index in [0.717, 1.165) is 12.8 Å². The molecule has 3 nitrogen and oxygen atoms in total. The largest absolute Gasteiger partial charge is 0.325 e. The molecule has 0 radical (unpaired) electrons. The van der Waals surface area contributed by atoms with E-state index in [-0.39, 0.29) is 5.91 Å². The maximum Gasteiger partial charge on any atom is 0.224 e. The highest BCUT2D eigenvalue weighted by Crippen LogP contribution is 2.23. The average Bonchev–Trinajstić information content (AvgIpc) is 2.48. The number of rotatable bonds is 9. The van der Waals surface area contributed by atoms with Crippen molar-refractivity contribution in [2.75, 3.05) is 5.32 Å². The number of nitrogens with one attached hydrogen (secondary N) is 1. The van der Waals surface area contributed by atoms with Crippen LogP contribution in [0.3, 0.4) is 0 Å². The van der Waals surface area contributed by atoms with Crippen molar-refractivity contribution in [2.45, 2.75) is 58.3 Å². The number of nitriles is 1. The second-order valence-corrected chi connectivity index (χ2v) is 5.63. The first-order chi connectivity index (χ1) is 10.2. The lowest BCUT2D eigenvalue weighted by Gasteiger charge is -2.07. The molecule has 0 aliphatic heterocycles. The predicted molar refractivity (Wildman–Crippen MR) is 87.4 cm³/mol. The molecule has 0 aliphatic rings. The highest BCUT2D eigenvalue weighted by Gasteiger charge is 2.06. The van der Waals surface area contributed by atoms with Crippen LogP contribution in [-0.2, 0) is 4.79 Å². The van der Waals surface area contributed by atoms with Crippen LogP contribution in [-0.4, -0.2) is 5.91 Å². The van der Waals surface area contributed by atoms with Crippen molar-refractivity contribution in [3.8, 4) is 6.07 Å². The van der Waals surface area contributed by atoms with Crippen LogP contribution in [0.2, 0.25) is 5.02 Å². The van der Waals surface area contributed by atoms with Crippen molar-refractivity contribution in [3.63, 3.8) is 0 Å². The first-order valence-electron chi connectivity index (χ1n) is 7.67. The van der Waals surface area contributed by atoms with Gasteiger partial charge in [-0.3, -0.25) is 4.79 Å². The molecule has 1 rings (SSSR count). The molecule has 0 saturated carbocycles. The molecule has 0 saturated heterocycles. The van der Waals surface area contributed by atoms with Crippen molar-refractivity contribution >= 4 is 23.2 Å². The number of halogens is 1. The normalized spacial score (nSPS) is 10.1. The van der Waals surface area contributed by atoms with Gasteiger partial charge in [-0.15, -0.1) is 0 Å². The molecule has 0 atom stereocenters. The number of unbranched alkanes of at least 4 members (excludes halogenated alkanes) is 6. The maximum absolute atomic E-state index is 11.8. The summed E-state index contributed by atoms with van der Waals surface area (Å²) < 4.78 is 0. The minimum atomic E-state index is -0.0412. The summed E-state index contributed by atoms with van der Waals surface area (Å²) in [5.74, 6) is -0.0412. The Kier molecular flexibility index (Phi) is 8.54. The fourth-order valence-corrected chi connectivity index (χ4v) is 2.31. The monoisotopic (exact) mass is 306 g/mol. The summed E-state index contributed by atoms with van der Waals surface area (Å²) in [6.07, 6.45) is 8.78. The predicted octanol–water partition coefficient (Wildman–Crippen LogP) is 5.29. The Bertz CT molecular complexity index is 494. The van der Waals surface area contributed by atoms with Crippen molar-refractivity contribution in [2.24, 2.45) is 0 Å². The van der Waals surface area contributed by atoms with Crippen molar-refractivity contribution in [1.29, 1.82) is 5.26 Å². The lowest BCUT2D eigenvalue weighted by atomic mass is 10.1. The lowest BCUT2D eigenvalue weighted by Crippen LogP contribution is -2.11. The Morgan fingerprint density at radius 2 is 1.86 bits per heavy atom. The van der Waals surface area contributed by atoms with Gasteiger partial charge in [0, 0.05) is 6.42 Å². The Morgan fingerprint density at radius 1 is 1.19 bits per heavy atom. The van der Waals surface area contributed by atoms with Crippen LogP contribution in [0.1, 0.15) is 63.9 Å². The van der Waals surface area contributed by atoms with Gasteiger partial charge in [-0.1, -0.05) is 57.0 Å². The molecule has 1 N–H and O–H groups in total. The van der Waals surface area contributed by atoms with Crippen LogP contribution >= 0.6 is 11.6 Å². The van der Waals surface area contributed by atoms with Crippen molar-refractivity contribution in [3.05, 3.63) is 28.8 Å². The number of carbonyl (C=O) groups excluding carboxylic acids is 1. The first-order valence-corrected chi connectivity index (χ1v) is 8.04. The van der Waals surface area contributed by atoms with Gasteiger partial charge in [0.05, 0.1) is 22.3 Å². The summed E-state index contributed by atoms with van der Waals surface area (Å²) >= 11 is 6.01. The van der Waals surface area contributed by atoms with Gasteiger partial charge in [-0.2, -0.15) is 5.26 Å². The molecule has 1 amide bonds. The van der Waals surface area contributed by atoms with E-state index in [1.807, 2.05) is 6.07 Å². The summed E-state index contributed by atoms with van der Waals surface area (Å²) in [6, 6.07) is 6.90. The molecule has 0 fully saturated rings. The fraction of sp³-hybridized carbons (Fsp3) is 0.529. The van der Waals surface area contributed by atoms with Gasteiger partial charge in [-0.05, 0) is 24.6 Å². The molecule has 1 aromatic carbocycles. The van der Waals surface area contributed by atoms with Gasteiger partial charge in [0.1, 0.15) is 0 Å². The van der Waals surface area contributed by atoms with Gasteiger partial charge in [0.25, 0.3) is 0 Å². The van der Waals surface area contributed by atoms with Gasteiger partial charge >= 0.3 is 0 Å². The van der Waals surface area contributed by atoms with E-state index in [1.165, 1.54) is 32.1 Å². The number of anilines is 1. The van der Waals surface area contributed by atoms with Crippen LogP contribution in [0.5, 0.6) is 0 Å². The van der Waals surface area contributed by atoms with Crippen molar-refractivity contribution < 1.29 is 4.79 Å². The number of hydrogen-bond donors (Lipinski definition) is 1. The topological polar surface area (TPSA) is 52.9 Å². The number of amides is 1. The standard InChI is InChI=1S/C17H23ClN2O/c1-2-3-4-5-6-7-8-9-17(21)20-16-12-14(13-19)10-11-15(16)18/h10-12H,2-9H2,1H3,(H,20,21). The summed E-state index contributed by atoms with van der Waals surface area (Å²) in [6.45, 7) is 2.21. The molecular weight excluding hydrogens is 284 g/mol. The molecular formula is C17H23ClN2O. The number of carbonyl (C=O) groups is 1. The Labute approximate surface area is 132 Å². The molecule has 0 heterocycles. The Morgan fingerprint density at radius 3 is 2.52 bits per heavy atom. The second kappa shape index (κ2) is 10.2. The zero-order valence-corrected chi connectivity index (χ0v) is 13.4. The minimum absolute atomic E-state index is 0.0412. The van der Waals surface area contributed by atoms with E-state index in [1.54, 1.807) is 18.2 Å². The highest BCUT2D eigenvalue weighted by molar-refractivity contribution is 6.33. The van der Waals surface area contributed by atoms with E-state index < -0.39 is 0 Å². The zero-order chi connectivity index (χ0) is 15.5. The van der Waals surface area contributed by atoms with Crippen LogP contribution in [0, 0.1) is 11.3 Å². The summed E-state index contributed by atoms with van der Waals surface area (Å²) in [7, 11) is 0. The third-order valence-corrected chi connectivity index (χ3v) is 3.71. The summed E-state index contributed by atoms with van der Waals surface area (Å²) in [4.78, 5) is 11.8. The molecule has 114 valence electrons. The molecule has 1 aromatic rings. The molecule has 0 aromatic heterocycles. The summed E-state index contributed by atoms with van der Waals surface area (Å²) in [5, 5.41) is 12.1. The zero-order valence-electron chi connectivity index (χ0n) is 12.6.